The van der Waals surface area contributed by atoms with Crippen LogP contribution in [0.3, 0.4) is 0 Å². The third-order valence-electron chi connectivity index (χ3n) is 12.3. The van der Waals surface area contributed by atoms with E-state index in [1.165, 1.54) is 38.0 Å². The molecule has 0 aromatic heterocycles. The zero-order valence-corrected chi connectivity index (χ0v) is 40.6. The fraction of sp³-hybridized carbons (Fsp3) is 0.844. The summed E-state index contributed by atoms with van der Waals surface area (Å²) in [4.78, 5) is 2.11. The number of ether oxygens (including phenoxy) is 10. The molecule has 1 aromatic rings. The molecule has 4 fully saturated rings. The van der Waals surface area contributed by atoms with Crippen LogP contribution in [0.1, 0.15) is 50.3 Å². The van der Waals surface area contributed by atoms with Gasteiger partial charge in [-0.3, -0.25) is 0 Å². The molecule has 0 amide bonds. The summed E-state index contributed by atoms with van der Waals surface area (Å²) in [6.07, 6.45) is -26.7. The van der Waals surface area contributed by atoms with Crippen molar-refractivity contribution in [3.05, 3.63) is 36.2 Å². The highest BCUT2D eigenvalue weighted by molar-refractivity contribution is 5.50. The predicted molar refractivity (Wildman–Crippen MR) is 242 cm³/mol. The van der Waals surface area contributed by atoms with Gasteiger partial charge < -0.3 is 119 Å². The summed E-state index contributed by atoms with van der Waals surface area (Å²) in [5.74, 6) is 0. The molecule has 0 aliphatic carbocycles. The van der Waals surface area contributed by atoms with E-state index in [0.717, 1.165) is 19.3 Å². The molecule has 4 aliphatic rings. The van der Waals surface area contributed by atoms with Crippen LogP contribution in [0, 0.1) is 13.8 Å². The number of hydrogen-bond acceptors (Lipinski definition) is 24. The summed E-state index contributed by atoms with van der Waals surface area (Å²) in [6, 6.07) is 6.62. The second-order valence-corrected chi connectivity index (χ2v) is 17.4. The average molecular weight is 1000 g/mol. The number of hydrogen-bond donors (Lipinski definition) is 13. The molecular weight excluding hydrogens is 920 g/mol. The highest BCUT2D eigenvalue weighted by Crippen LogP contribution is 2.35. The molecule has 4 heterocycles. The number of nitrogens with zero attached hydrogens (tertiary/aromatic N) is 1. The van der Waals surface area contributed by atoms with Gasteiger partial charge in [0.1, 0.15) is 97.7 Å². The van der Waals surface area contributed by atoms with Gasteiger partial charge in [0, 0.05) is 46.7 Å². The molecule has 0 saturated carbocycles. The molecule has 0 spiro atoms. The largest absolute Gasteiger partial charge is 0.396 e. The van der Waals surface area contributed by atoms with E-state index in [1.807, 2.05) is 14.1 Å². The van der Waals surface area contributed by atoms with Gasteiger partial charge >= 0.3 is 0 Å². The SMILES string of the molecule is CCC(N)c1ccc(N(C)C)cc1C.COC1C(CO)OC(OCC2OC(OC3C(CO)OC(C)C(O)C3O)C(O)C(O)C2OC2OC(CO)C(OC)C(O)C2OCCO)C(O)C1O.[CH2]CCCO. The van der Waals surface area contributed by atoms with Crippen molar-refractivity contribution in [2.75, 3.05) is 79.5 Å². The summed E-state index contributed by atoms with van der Waals surface area (Å²) < 4.78 is 56.4. The molecule has 21 unspecified atom stereocenters. The second kappa shape index (κ2) is 30.3. The molecule has 24 heteroatoms. The highest BCUT2D eigenvalue weighted by Gasteiger charge is 2.55. The summed E-state index contributed by atoms with van der Waals surface area (Å²) in [5.41, 5.74) is 9.78. The number of benzene rings is 1. The minimum Gasteiger partial charge on any atom is -0.396 e. The number of unbranched alkanes of at least 4 members (excludes halogenated alkanes) is 1. The first kappa shape index (κ1) is 61.4. The molecule has 403 valence electrons. The van der Waals surface area contributed by atoms with Crippen LogP contribution in [-0.4, -0.2) is 258 Å². The van der Waals surface area contributed by atoms with Gasteiger partial charge in [-0.2, -0.15) is 0 Å². The van der Waals surface area contributed by atoms with Gasteiger partial charge in [-0.1, -0.05) is 26.3 Å². The molecule has 0 bridgehead atoms. The van der Waals surface area contributed by atoms with Crippen LogP contribution in [0.2, 0.25) is 0 Å². The predicted octanol–water partition coefficient (Wildman–Crippen LogP) is -4.29. The number of aliphatic hydroxyl groups is 12. The van der Waals surface area contributed by atoms with Gasteiger partial charge in [0.25, 0.3) is 0 Å². The lowest BCUT2D eigenvalue weighted by atomic mass is 9.94. The second-order valence-electron chi connectivity index (χ2n) is 17.4. The van der Waals surface area contributed by atoms with Crippen molar-refractivity contribution in [3.63, 3.8) is 0 Å². The Balaban J connectivity index is 0.000000551. The van der Waals surface area contributed by atoms with E-state index in [1.54, 1.807) is 0 Å². The highest BCUT2D eigenvalue weighted by atomic mass is 16.8. The lowest BCUT2D eigenvalue weighted by Gasteiger charge is -2.49. The first-order valence-corrected chi connectivity index (χ1v) is 23.2. The number of anilines is 1. The Hall–Kier alpha value is -1.90. The Morgan fingerprint density at radius 3 is 1.65 bits per heavy atom. The molecule has 24 nitrogen and oxygen atoms in total. The number of rotatable bonds is 20. The number of aliphatic hydroxyl groups excluding tert-OH is 12. The molecule has 5 rings (SSSR count). The third-order valence-corrected chi connectivity index (χ3v) is 12.3. The average Bonchev–Trinajstić information content (AvgIpc) is 3.34. The van der Waals surface area contributed by atoms with Crippen molar-refractivity contribution in [3.8, 4) is 0 Å². The molecular formula is C45H81N2O22. The third kappa shape index (κ3) is 16.0. The standard InChI is InChI=1S/C29H52O21.C12H20N2.C4H9O/c1-10-15(34)16(35)24(13(8-33)45-10)49-28-20(39)18(37)25(50-29-26(43-5-4-30)21(40)23(42-3)12(7-32)47-29)14(48-28)9-44-27-19(38)17(36)22(41-2)11(6-31)46-27;1-5-12(13)11-7-6-10(14(3)4)8-9(11)2;1-2-3-4-5/h10-40H,4-9H2,1-3H3;6-8,12H,5,13H2,1-4H3;5H,1-4H2. The lowest BCUT2D eigenvalue weighted by molar-refractivity contribution is -0.381. The van der Waals surface area contributed by atoms with Crippen molar-refractivity contribution >= 4 is 5.69 Å². The van der Waals surface area contributed by atoms with E-state index in [9.17, 15) is 56.2 Å². The molecule has 1 radical (unpaired) electrons. The monoisotopic (exact) mass is 1000 g/mol. The van der Waals surface area contributed by atoms with Crippen LogP contribution in [0.15, 0.2) is 18.2 Å². The zero-order chi connectivity index (χ0) is 51.7. The quantitative estimate of drug-likeness (QED) is 0.0588. The lowest BCUT2D eigenvalue weighted by Crippen LogP contribution is -2.67. The van der Waals surface area contributed by atoms with E-state index >= 15 is 0 Å². The summed E-state index contributed by atoms with van der Waals surface area (Å²) in [6.45, 7) is 6.16. The van der Waals surface area contributed by atoms with E-state index in [0.29, 0.717) is 0 Å². The van der Waals surface area contributed by atoms with Crippen LogP contribution < -0.4 is 10.6 Å². The van der Waals surface area contributed by atoms with Gasteiger partial charge in [0.05, 0.1) is 45.7 Å². The first-order chi connectivity index (χ1) is 32.8. The Morgan fingerprint density at radius 2 is 1.14 bits per heavy atom. The summed E-state index contributed by atoms with van der Waals surface area (Å²) in [7, 11) is 6.60. The topological polar surface area (TPSA) is 364 Å². The van der Waals surface area contributed by atoms with E-state index in [-0.39, 0.29) is 19.3 Å². The van der Waals surface area contributed by atoms with Gasteiger partial charge in [0.15, 0.2) is 18.9 Å². The first-order valence-electron chi connectivity index (χ1n) is 23.2. The summed E-state index contributed by atoms with van der Waals surface area (Å²) >= 11 is 0. The number of aryl methyl sites for hydroxylation is 1. The molecule has 69 heavy (non-hydrogen) atoms. The Bertz CT molecular complexity index is 1550. The minimum absolute atomic E-state index is 0.172. The van der Waals surface area contributed by atoms with E-state index < -0.39 is 156 Å². The molecule has 4 aliphatic heterocycles. The van der Waals surface area contributed by atoms with Gasteiger partial charge in [-0.05, 0) is 49.9 Å². The van der Waals surface area contributed by atoms with E-state index in [4.69, 9.17) is 58.2 Å². The zero-order valence-electron chi connectivity index (χ0n) is 40.6. The van der Waals surface area contributed by atoms with Gasteiger partial charge in [-0.15, -0.1) is 0 Å². The van der Waals surface area contributed by atoms with Crippen LogP contribution in [0.5, 0.6) is 0 Å². The van der Waals surface area contributed by atoms with Crippen molar-refractivity contribution in [1.82, 2.24) is 0 Å². The van der Waals surface area contributed by atoms with Crippen molar-refractivity contribution in [1.29, 1.82) is 0 Å². The Kier molecular flexibility index (Phi) is 27.0. The molecule has 1 aromatic carbocycles. The maximum atomic E-state index is 11.4. The Morgan fingerprint density at radius 1 is 0.638 bits per heavy atom. The number of methoxy groups -OCH3 is 2. The van der Waals surface area contributed by atoms with Crippen molar-refractivity contribution in [2.45, 2.75) is 169 Å². The van der Waals surface area contributed by atoms with Crippen LogP contribution in [0.25, 0.3) is 0 Å². The number of nitrogens with two attached hydrogens (primary N) is 1. The summed E-state index contributed by atoms with van der Waals surface area (Å²) in [5, 5.41) is 123. The minimum atomic E-state index is -1.95. The van der Waals surface area contributed by atoms with Gasteiger partial charge in [0.2, 0.25) is 0 Å². The Labute approximate surface area is 403 Å². The van der Waals surface area contributed by atoms with Crippen LogP contribution >= 0.6 is 0 Å². The van der Waals surface area contributed by atoms with Crippen molar-refractivity contribution < 1.29 is 109 Å². The smallest absolute Gasteiger partial charge is 0.187 e. The van der Waals surface area contributed by atoms with E-state index in [2.05, 4.69) is 43.9 Å². The maximum Gasteiger partial charge on any atom is 0.187 e. The normalized spacial score (nSPS) is 38.6. The van der Waals surface area contributed by atoms with Crippen LogP contribution in [-0.2, 0) is 47.4 Å². The molecule has 14 N–H and O–H groups in total. The fourth-order valence-electron chi connectivity index (χ4n) is 8.24. The van der Waals surface area contributed by atoms with Gasteiger partial charge in [-0.25, -0.2) is 0 Å². The van der Waals surface area contributed by atoms with Crippen LogP contribution in [0.4, 0.5) is 5.69 Å². The molecule has 21 atom stereocenters. The maximum absolute atomic E-state index is 11.4. The molecule has 4 saturated heterocycles. The fourth-order valence-corrected chi connectivity index (χ4v) is 8.24. The van der Waals surface area contributed by atoms with Crippen molar-refractivity contribution in [2.24, 2.45) is 5.73 Å².